The van der Waals surface area contributed by atoms with Crippen LogP contribution in [0, 0.1) is 0 Å². The third-order valence-corrected chi connectivity index (χ3v) is 1.81. The second-order valence-electron chi connectivity index (χ2n) is 2.90. The van der Waals surface area contributed by atoms with Crippen LogP contribution in [0.5, 0.6) is 0 Å². The fourth-order valence-corrected chi connectivity index (χ4v) is 1.03. The molecule has 0 saturated heterocycles. The van der Waals surface area contributed by atoms with Crippen LogP contribution < -0.4 is 5.32 Å². The minimum absolute atomic E-state index is 0.0709. The van der Waals surface area contributed by atoms with E-state index in [0.29, 0.717) is 32.8 Å². The molecule has 84 valence electrons. The largest absolute Gasteiger partial charge is 0.383 e. The molecule has 0 heterocycles. The lowest BCUT2D eigenvalue weighted by Crippen LogP contribution is -2.40. The zero-order chi connectivity index (χ0) is 10.8. The maximum Gasteiger partial charge on any atom is 0.236 e. The second kappa shape index (κ2) is 8.93. The highest BCUT2D eigenvalue weighted by molar-refractivity contribution is 5.78. The summed E-state index contributed by atoms with van der Waals surface area (Å²) in [7, 11) is 5.00. The van der Waals surface area contributed by atoms with Gasteiger partial charge in [-0.05, 0) is 7.05 Å². The van der Waals surface area contributed by atoms with E-state index in [9.17, 15) is 4.79 Å². The molecule has 0 aliphatic carbocycles. The Bertz CT molecular complexity index is 145. The van der Waals surface area contributed by atoms with Gasteiger partial charge in [0.05, 0.1) is 19.8 Å². The highest BCUT2D eigenvalue weighted by Gasteiger charge is 2.11. The molecule has 0 spiro atoms. The monoisotopic (exact) mass is 204 g/mol. The van der Waals surface area contributed by atoms with E-state index in [0.717, 1.165) is 0 Å². The third-order valence-electron chi connectivity index (χ3n) is 1.81. The smallest absolute Gasteiger partial charge is 0.236 e. The van der Waals surface area contributed by atoms with Crippen molar-refractivity contribution in [1.82, 2.24) is 10.2 Å². The Morgan fingerprint density at radius 1 is 1.21 bits per heavy atom. The molecule has 0 aliphatic rings. The first-order valence-electron chi connectivity index (χ1n) is 4.66. The maximum absolute atomic E-state index is 11.5. The van der Waals surface area contributed by atoms with Gasteiger partial charge >= 0.3 is 0 Å². The zero-order valence-electron chi connectivity index (χ0n) is 9.21. The summed E-state index contributed by atoms with van der Waals surface area (Å²) < 4.78 is 9.85. The lowest BCUT2D eigenvalue weighted by Gasteiger charge is -2.21. The Morgan fingerprint density at radius 3 is 2.07 bits per heavy atom. The van der Waals surface area contributed by atoms with Crippen LogP contribution >= 0.6 is 0 Å². The number of carbonyl (C=O) groups excluding carboxylic acids is 1. The van der Waals surface area contributed by atoms with Gasteiger partial charge < -0.3 is 19.7 Å². The highest BCUT2D eigenvalue weighted by atomic mass is 16.5. The van der Waals surface area contributed by atoms with Crippen molar-refractivity contribution >= 4 is 5.91 Å². The van der Waals surface area contributed by atoms with Crippen LogP contribution in [0.25, 0.3) is 0 Å². The summed E-state index contributed by atoms with van der Waals surface area (Å²) in [4.78, 5) is 13.2. The SMILES string of the molecule is CNCC(=O)N(CCOC)CCOC. The van der Waals surface area contributed by atoms with Gasteiger partial charge in [0, 0.05) is 27.3 Å². The molecule has 0 bridgehead atoms. The Balaban J connectivity index is 3.88. The normalized spacial score (nSPS) is 10.2. The molecule has 0 unspecified atom stereocenters. The van der Waals surface area contributed by atoms with Gasteiger partial charge in [-0.2, -0.15) is 0 Å². The lowest BCUT2D eigenvalue weighted by atomic mass is 10.4. The molecule has 14 heavy (non-hydrogen) atoms. The van der Waals surface area contributed by atoms with Crippen molar-refractivity contribution in [1.29, 1.82) is 0 Å². The van der Waals surface area contributed by atoms with Gasteiger partial charge in [-0.25, -0.2) is 0 Å². The molecule has 0 aromatic rings. The maximum atomic E-state index is 11.5. The number of ether oxygens (including phenoxy) is 2. The molecule has 0 fully saturated rings. The molecule has 0 rings (SSSR count). The number of nitrogens with zero attached hydrogens (tertiary/aromatic N) is 1. The number of hydrogen-bond acceptors (Lipinski definition) is 4. The lowest BCUT2D eigenvalue weighted by molar-refractivity contribution is -0.131. The Labute approximate surface area is 85.4 Å². The fraction of sp³-hybridized carbons (Fsp3) is 0.889. The van der Waals surface area contributed by atoms with Crippen LogP contribution in [-0.4, -0.2) is 64.9 Å². The quantitative estimate of drug-likeness (QED) is 0.569. The number of carbonyl (C=O) groups is 1. The van der Waals surface area contributed by atoms with Gasteiger partial charge in [-0.15, -0.1) is 0 Å². The topological polar surface area (TPSA) is 50.8 Å². The first kappa shape index (κ1) is 13.4. The van der Waals surface area contributed by atoms with Gasteiger partial charge in [0.2, 0.25) is 5.91 Å². The van der Waals surface area contributed by atoms with E-state index in [1.807, 2.05) is 0 Å². The molecule has 5 nitrogen and oxygen atoms in total. The molecule has 0 aromatic carbocycles. The van der Waals surface area contributed by atoms with Gasteiger partial charge in [0.1, 0.15) is 0 Å². The van der Waals surface area contributed by atoms with Crippen molar-refractivity contribution in [2.24, 2.45) is 0 Å². The van der Waals surface area contributed by atoms with Crippen LogP contribution in [0.2, 0.25) is 0 Å². The number of nitrogens with one attached hydrogen (secondary N) is 1. The van der Waals surface area contributed by atoms with E-state index in [4.69, 9.17) is 9.47 Å². The molecule has 1 N–H and O–H groups in total. The minimum Gasteiger partial charge on any atom is -0.383 e. The summed E-state index contributed by atoms with van der Waals surface area (Å²) in [6.45, 7) is 2.69. The van der Waals surface area contributed by atoms with E-state index in [1.54, 1.807) is 26.2 Å². The summed E-state index contributed by atoms with van der Waals surface area (Å²) >= 11 is 0. The number of amides is 1. The molecule has 0 saturated carbocycles. The van der Waals surface area contributed by atoms with E-state index in [2.05, 4.69) is 5.32 Å². The van der Waals surface area contributed by atoms with Crippen molar-refractivity contribution in [3.63, 3.8) is 0 Å². The summed E-state index contributed by atoms with van der Waals surface area (Å²) in [5.41, 5.74) is 0. The second-order valence-corrected chi connectivity index (χ2v) is 2.90. The van der Waals surface area contributed by atoms with E-state index >= 15 is 0 Å². The summed E-state index contributed by atoms with van der Waals surface area (Å²) in [5.74, 6) is 0.0709. The van der Waals surface area contributed by atoms with E-state index in [1.165, 1.54) is 0 Å². The Morgan fingerprint density at radius 2 is 1.71 bits per heavy atom. The molecular formula is C9H20N2O3. The average Bonchev–Trinajstić information content (AvgIpc) is 2.18. The molecule has 1 amide bonds. The Hall–Kier alpha value is -0.650. The van der Waals surface area contributed by atoms with Crippen molar-refractivity contribution in [3.05, 3.63) is 0 Å². The molecule has 0 atom stereocenters. The van der Waals surface area contributed by atoms with Crippen LogP contribution in [0.15, 0.2) is 0 Å². The minimum atomic E-state index is 0.0709. The first-order chi connectivity index (χ1) is 6.76. The molecule has 5 heteroatoms. The van der Waals surface area contributed by atoms with Crippen molar-refractivity contribution in [3.8, 4) is 0 Å². The summed E-state index contributed by atoms with van der Waals surface area (Å²) in [6.07, 6.45) is 0. The van der Waals surface area contributed by atoms with Crippen LogP contribution in [0.4, 0.5) is 0 Å². The standard InChI is InChI=1S/C9H20N2O3/c1-10-8-9(12)11(4-6-13-2)5-7-14-3/h10H,4-8H2,1-3H3. The number of rotatable bonds is 8. The van der Waals surface area contributed by atoms with Crippen molar-refractivity contribution in [2.75, 3.05) is 54.1 Å². The Kier molecular flexibility index (Phi) is 8.51. The van der Waals surface area contributed by atoms with Crippen molar-refractivity contribution < 1.29 is 14.3 Å². The van der Waals surface area contributed by atoms with Gasteiger partial charge in [-0.1, -0.05) is 0 Å². The predicted octanol–water partition coefficient (Wildman–Crippen LogP) is -0.673. The van der Waals surface area contributed by atoms with E-state index < -0.39 is 0 Å². The molecular weight excluding hydrogens is 184 g/mol. The fourth-order valence-electron chi connectivity index (χ4n) is 1.03. The molecule has 0 aliphatic heterocycles. The molecule has 0 radical (unpaired) electrons. The van der Waals surface area contributed by atoms with Crippen LogP contribution in [0.3, 0.4) is 0 Å². The van der Waals surface area contributed by atoms with Gasteiger partial charge in [0.15, 0.2) is 0 Å². The molecule has 0 aromatic heterocycles. The van der Waals surface area contributed by atoms with Gasteiger partial charge in [0.25, 0.3) is 0 Å². The highest BCUT2D eigenvalue weighted by Crippen LogP contribution is 1.90. The average molecular weight is 204 g/mol. The number of methoxy groups -OCH3 is 2. The van der Waals surface area contributed by atoms with Crippen LogP contribution in [0.1, 0.15) is 0 Å². The number of likely N-dealkylation sites (N-methyl/N-ethyl adjacent to an activating group) is 1. The van der Waals surface area contributed by atoms with Gasteiger partial charge in [-0.3, -0.25) is 4.79 Å². The van der Waals surface area contributed by atoms with Crippen LogP contribution in [-0.2, 0) is 14.3 Å². The number of hydrogen-bond donors (Lipinski definition) is 1. The zero-order valence-corrected chi connectivity index (χ0v) is 9.21. The summed E-state index contributed by atoms with van der Waals surface area (Å²) in [6, 6.07) is 0. The van der Waals surface area contributed by atoms with E-state index in [-0.39, 0.29) is 5.91 Å². The summed E-state index contributed by atoms with van der Waals surface area (Å²) in [5, 5.41) is 2.83. The van der Waals surface area contributed by atoms with Crippen molar-refractivity contribution in [2.45, 2.75) is 0 Å². The first-order valence-corrected chi connectivity index (χ1v) is 4.66. The third kappa shape index (κ3) is 5.90. The predicted molar refractivity (Wildman–Crippen MR) is 54.3 cm³/mol.